The maximum Gasteiger partial charge on any atom is 0.417 e. The highest BCUT2D eigenvalue weighted by Gasteiger charge is 2.53. The van der Waals surface area contributed by atoms with Gasteiger partial charge in [-0.2, -0.15) is 68.4 Å². The van der Waals surface area contributed by atoms with Crippen LogP contribution in [0.4, 0.5) is 26.3 Å². The topological polar surface area (TPSA) is 190 Å². The Morgan fingerprint density at radius 1 is 0.421 bits per heavy atom. The Morgan fingerprint density at radius 3 is 0.895 bits per heavy atom. The second-order valence-corrected chi connectivity index (χ2v) is 7.14. The lowest BCUT2D eigenvalue weighted by atomic mass is 9.81. The Morgan fingerprint density at radius 2 is 0.684 bits per heavy atom. The Kier molecular flexibility index (Phi) is 6.03. The molecule has 14 heteroatoms. The van der Waals surface area contributed by atoms with Crippen molar-refractivity contribution in [3.8, 4) is 48.6 Å². The van der Waals surface area contributed by atoms with Crippen LogP contribution in [0.2, 0.25) is 0 Å². The van der Waals surface area contributed by atoms with Crippen LogP contribution in [0.1, 0.15) is 33.4 Å². The summed E-state index contributed by atoms with van der Waals surface area (Å²) in [7, 11) is 0. The number of hydrogen-bond acceptors (Lipinski definition) is 8. The largest absolute Gasteiger partial charge is 0.417 e. The van der Waals surface area contributed by atoms with Crippen LogP contribution in [-0.4, -0.2) is 0 Å². The zero-order valence-corrected chi connectivity index (χ0v) is 17.8. The van der Waals surface area contributed by atoms with Gasteiger partial charge in [0.25, 0.3) is 0 Å². The summed E-state index contributed by atoms with van der Waals surface area (Å²) in [6.07, 6.45) is -11.4. The molecule has 38 heavy (non-hydrogen) atoms. The van der Waals surface area contributed by atoms with E-state index in [1.165, 1.54) is 48.6 Å². The van der Waals surface area contributed by atoms with Crippen molar-refractivity contribution in [3.63, 3.8) is 0 Å². The fourth-order valence-corrected chi connectivity index (χ4v) is 4.29. The second kappa shape index (κ2) is 8.72. The van der Waals surface area contributed by atoms with Gasteiger partial charge in [0.05, 0.1) is 33.4 Å². The molecule has 0 unspecified atom stereocenters. The highest BCUT2D eigenvalue weighted by molar-refractivity contribution is 6.17. The second-order valence-electron chi connectivity index (χ2n) is 7.14. The molecule has 0 spiro atoms. The van der Waals surface area contributed by atoms with Gasteiger partial charge in [-0.1, -0.05) is 0 Å². The van der Waals surface area contributed by atoms with E-state index in [-0.39, 0.29) is 0 Å². The van der Waals surface area contributed by atoms with Crippen molar-refractivity contribution in [2.24, 2.45) is 0 Å². The fraction of sp³-hybridized carbons (Fsp3) is 0.0833. The Balaban J connectivity index is 3.03. The first-order chi connectivity index (χ1) is 17.8. The lowest BCUT2D eigenvalue weighted by Gasteiger charge is -2.24. The molecule has 3 rings (SSSR count). The van der Waals surface area contributed by atoms with Crippen LogP contribution in [0.25, 0.3) is 22.3 Å². The van der Waals surface area contributed by atoms with E-state index in [9.17, 15) is 68.4 Å². The van der Waals surface area contributed by atoms with Crippen molar-refractivity contribution < 1.29 is 26.3 Å². The van der Waals surface area contributed by atoms with Crippen molar-refractivity contribution in [1.29, 1.82) is 42.1 Å². The summed E-state index contributed by atoms with van der Waals surface area (Å²) in [6, 6.07) is 9.69. The lowest BCUT2D eigenvalue weighted by Crippen LogP contribution is -2.20. The van der Waals surface area contributed by atoms with E-state index in [0.29, 0.717) is 0 Å². The van der Waals surface area contributed by atoms with E-state index in [4.69, 9.17) is 0 Å². The van der Waals surface area contributed by atoms with Gasteiger partial charge in [0.15, 0.2) is 0 Å². The number of allylic oxidation sites excluding steroid dienone is 8. The monoisotopic (exact) mass is 514 g/mol. The number of benzene rings is 1. The van der Waals surface area contributed by atoms with Crippen LogP contribution in [0, 0.1) is 90.6 Å². The molecule has 0 aromatic heterocycles. The van der Waals surface area contributed by atoms with E-state index in [1.54, 1.807) is 0 Å². The summed E-state index contributed by atoms with van der Waals surface area (Å²) in [6.45, 7) is 0. The van der Waals surface area contributed by atoms with Gasteiger partial charge in [-0.25, -0.2) is 0 Å². The van der Waals surface area contributed by atoms with Crippen LogP contribution < -0.4 is 0 Å². The fourth-order valence-electron chi connectivity index (χ4n) is 4.29. The van der Waals surface area contributed by atoms with Crippen molar-refractivity contribution in [2.45, 2.75) is 12.4 Å². The molecule has 0 saturated carbocycles. The van der Waals surface area contributed by atoms with Crippen LogP contribution in [-0.2, 0) is 12.4 Å². The average Bonchev–Trinajstić information content (AvgIpc) is 3.34. The number of hydrogen-bond donors (Lipinski definition) is 0. The molecular formula is C24F6N8. The minimum absolute atomic E-state index is 1.14. The van der Waals surface area contributed by atoms with Gasteiger partial charge in [0.2, 0.25) is 0 Å². The van der Waals surface area contributed by atoms with Crippen LogP contribution in [0.3, 0.4) is 0 Å². The highest BCUT2D eigenvalue weighted by atomic mass is 19.4. The normalized spacial score (nSPS) is 13.5. The van der Waals surface area contributed by atoms with Crippen LogP contribution in [0.15, 0.2) is 22.3 Å². The predicted molar refractivity (Wildman–Crippen MR) is 109 cm³/mol. The first-order valence-electron chi connectivity index (χ1n) is 9.42. The minimum atomic E-state index is -5.70. The molecule has 0 N–H and O–H groups in total. The summed E-state index contributed by atoms with van der Waals surface area (Å²) in [5.41, 5.74) is -20.1. The van der Waals surface area contributed by atoms with Crippen molar-refractivity contribution in [2.75, 3.05) is 0 Å². The van der Waals surface area contributed by atoms with E-state index in [2.05, 4.69) is 0 Å². The summed E-state index contributed by atoms with van der Waals surface area (Å²) >= 11 is 0. The van der Waals surface area contributed by atoms with Gasteiger partial charge in [0.1, 0.15) is 59.7 Å². The standard InChI is InChI=1S/C24F6N8/c25-23(26,27)21-17-13(7-37)11(5-35)15(9(1-31)2-32)19(17)22(24(28,29)30)20-16(10(3-33)4-34)12(6-36)14(8-38)18(20)21. The molecule has 0 aliphatic heterocycles. The smallest absolute Gasteiger partial charge is 0.192 e. The molecular weight excluding hydrogens is 514 g/mol. The maximum absolute atomic E-state index is 14.7. The lowest BCUT2D eigenvalue weighted by molar-refractivity contribution is -0.141. The van der Waals surface area contributed by atoms with Gasteiger partial charge in [-0.15, -0.1) is 0 Å². The first-order valence-corrected chi connectivity index (χ1v) is 9.42. The summed E-state index contributed by atoms with van der Waals surface area (Å²) in [4.78, 5) is 0. The minimum Gasteiger partial charge on any atom is -0.192 e. The molecule has 2 aliphatic carbocycles. The molecule has 2 aliphatic rings. The first kappa shape index (κ1) is 26.3. The van der Waals surface area contributed by atoms with Crippen molar-refractivity contribution >= 4 is 22.3 Å². The van der Waals surface area contributed by atoms with Gasteiger partial charge >= 0.3 is 12.4 Å². The Labute approximate surface area is 207 Å². The van der Waals surface area contributed by atoms with Gasteiger partial charge in [-0.05, 0) is 0 Å². The number of rotatable bonds is 0. The number of nitrogens with zero attached hydrogens (tertiary/aromatic N) is 8. The zero-order valence-electron chi connectivity index (χ0n) is 17.8. The highest BCUT2D eigenvalue weighted by Crippen LogP contribution is 2.60. The summed E-state index contributed by atoms with van der Waals surface area (Å²) < 4.78 is 87.9. The van der Waals surface area contributed by atoms with Crippen LogP contribution >= 0.6 is 0 Å². The van der Waals surface area contributed by atoms with Gasteiger partial charge in [0, 0.05) is 33.4 Å². The molecule has 178 valence electrons. The molecule has 8 nitrogen and oxygen atoms in total. The van der Waals surface area contributed by atoms with E-state index >= 15 is 0 Å². The molecule has 1 aromatic carbocycles. The molecule has 0 radical (unpaired) electrons. The molecule has 0 saturated heterocycles. The third-order valence-corrected chi connectivity index (χ3v) is 5.46. The zero-order chi connectivity index (χ0) is 28.7. The third kappa shape index (κ3) is 3.33. The van der Waals surface area contributed by atoms with E-state index < -0.39 is 90.3 Å². The van der Waals surface area contributed by atoms with Crippen LogP contribution in [0.5, 0.6) is 0 Å². The van der Waals surface area contributed by atoms with Crippen molar-refractivity contribution in [1.82, 2.24) is 0 Å². The Bertz CT molecular complexity index is 1700. The summed E-state index contributed by atoms with van der Waals surface area (Å²) in [5, 5.41) is 75.7. The number of halogens is 6. The molecule has 0 amide bonds. The molecule has 0 atom stereocenters. The van der Waals surface area contributed by atoms with Gasteiger partial charge < -0.3 is 0 Å². The average molecular weight is 514 g/mol. The van der Waals surface area contributed by atoms with E-state index in [0.717, 1.165) is 0 Å². The van der Waals surface area contributed by atoms with Crippen molar-refractivity contribution in [3.05, 3.63) is 55.7 Å². The number of alkyl halides is 6. The SMILES string of the molecule is N#CC(C#N)=C1C(C#N)=C(C#N)c2c1c(C(F)(F)F)c1c(c2C(F)(F)F)C(C#N)=C(C#N)C1=C(C#N)C#N. The number of fused-ring (bicyclic) bond motifs is 2. The maximum atomic E-state index is 14.7. The quantitative estimate of drug-likeness (QED) is 0.343. The molecule has 0 fully saturated rings. The van der Waals surface area contributed by atoms with E-state index in [1.807, 2.05) is 0 Å². The van der Waals surface area contributed by atoms with Gasteiger partial charge in [-0.3, -0.25) is 0 Å². The Hall–Kier alpha value is -6.32. The predicted octanol–water partition coefficient (Wildman–Crippen LogP) is 4.95. The number of nitriles is 8. The molecule has 0 heterocycles. The molecule has 1 aromatic rings. The summed E-state index contributed by atoms with van der Waals surface area (Å²) in [5.74, 6) is 0. The third-order valence-electron chi connectivity index (χ3n) is 5.46. The molecule has 0 bridgehead atoms.